The Morgan fingerprint density at radius 1 is 1.11 bits per heavy atom. The number of methoxy groups -OCH3 is 1. The first-order valence-electron chi connectivity index (χ1n) is 11.9. The molecule has 1 saturated carbocycles. The summed E-state index contributed by atoms with van der Waals surface area (Å²) in [5.74, 6) is 0.977. The number of aliphatic hydroxyl groups is 2. The normalized spacial score (nSPS) is 24.0. The molecule has 3 aromatic rings. The average molecular weight is 495 g/mol. The zero-order valence-corrected chi connectivity index (χ0v) is 20.5. The number of pyridine rings is 2. The molecule has 3 heterocycles. The van der Waals surface area contributed by atoms with Gasteiger partial charge in [-0.1, -0.05) is 0 Å². The molecule has 4 N–H and O–H groups in total. The number of carbonyl (C=O) groups excluding carboxylic acids is 1. The summed E-state index contributed by atoms with van der Waals surface area (Å²) in [6.45, 7) is 0.391. The van der Waals surface area contributed by atoms with Gasteiger partial charge in [-0.3, -0.25) is 9.78 Å². The molecule has 1 aliphatic carbocycles. The third-order valence-corrected chi connectivity index (χ3v) is 8.13. The minimum Gasteiger partial charge on any atom is -0.481 e. The van der Waals surface area contributed by atoms with E-state index < -0.39 is 11.2 Å². The van der Waals surface area contributed by atoms with Crippen LogP contribution in [0.5, 0.6) is 5.88 Å². The molecule has 1 aliphatic heterocycles. The first-order chi connectivity index (χ1) is 16.8. The molecule has 184 valence electrons. The molecular weight excluding hydrogens is 464 g/mol. The van der Waals surface area contributed by atoms with Crippen molar-refractivity contribution < 1.29 is 19.7 Å². The monoisotopic (exact) mass is 494 g/mol. The third-order valence-electron chi connectivity index (χ3n) is 7.06. The van der Waals surface area contributed by atoms with Crippen molar-refractivity contribution in [2.75, 3.05) is 30.0 Å². The number of nitrogens with zero attached hydrogens (tertiary/aromatic N) is 2. The zero-order chi connectivity index (χ0) is 24.5. The summed E-state index contributed by atoms with van der Waals surface area (Å²) in [5.41, 5.74) is 2.58. The van der Waals surface area contributed by atoms with Gasteiger partial charge in [-0.15, -0.1) is 11.8 Å². The van der Waals surface area contributed by atoms with Crippen molar-refractivity contribution in [3.63, 3.8) is 0 Å². The molecular formula is C26H30N4O4S. The van der Waals surface area contributed by atoms with Gasteiger partial charge in [-0.25, -0.2) is 4.98 Å². The first-order valence-corrected chi connectivity index (χ1v) is 12.9. The predicted octanol–water partition coefficient (Wildman–Crippen LogP) is 3.76. The van der Waals surface area contributed by atoms with Crippen molar-refractivity contribution in [3.05, 3.63) is 48.2 Å². The Morgan fingerprint density at radius 3 is 2.71 bits per heavy atom. The second-order valence-corrected chi connectivity index (χ2v) is 10.6. The minimum absolute atomic E-state index is 0.000439. The molecule has 35 heavy (non-hydrogen) atoms. The lowest BCUT2D eigenvalue weighted by molar-refractivity contribution is -0.113. The number of amides is 1. The number of rotatable bonds is 7. The van der Waals surface area contributed by atoms with E-state index in [-0.39, 0.29) is 5.91 Å². The van der Waals surface area contributed by atoms with Crippen molar-refractivity contribution in [2.45, 2.75) is 54.6 Å². The highest BCUT2D eigenvalue weighted by molar-refractivity contribution is 8.00. The lowest BCUT2D eigenvalue weighted by atomic mass is 9.73. The van der Waals surface area contributed by atoms with Gasteiger partial charge in [0.05, 0.1) is 40.8 Å². The van der Waals surface area contributed by atoms with Crippen molar-refractivity contribution in [1.82, 2.24) is 9.97 Å². The van der Waals surface area contributed by atoms with Crippen LogP contribution in [0.1, 0.15) is 37.7 Å². The van der Waals surface area contributed by atoms with Gasteiger partial charge in [0.2, 0.25) is 11.8 Å². The third kappa shape index (κ3) is 5.37. The first kappa shape index (κ1) is 23.8. The Labute approximate surface area is 208 Å². The summed E-state index contributed by atoms with van der Waals surface area (Å²) in [6, 6.07) is 11.5. The van der Waals surface area contributed by atoms with Crippen LogP contribution in [-0.4, -0.2) is 56.7 Å². The highest BCUT2D eigenvalue weighted by atomic mass is 32.2. The lowest BCUT2D eigenvalue weighted by Gasteiger charge is -2.41. The second kappa shape index (κ2) is 9.64. The smallest absolute Gasteiger partial charge is 0.234 e. The molecule has 0 spiro atoms. The van der Waals surface area contributed by atoms with Gasteiger partial charge in [-0.2, -0.15) is 0 Å². The maximum atomic E-state index is 11.7. The number of hydrogen-bond acceptors (Lipinski definition) is 8. The molecule has 8 nitrogen and oxygen atoms in total. The summed E-state index contributed by atoms with van der Waals surface area (Å²) < 4.78 is 5.26. The van der Waals surface area contributed by atoms with Crippen molar-refractivity contribution in [3.8, 4) is 5.88 Å². The fraction of sp³-hybridized carbons (Fsp3) is 0.423. The van der Waals surface area contributed by atoms with Crippen LogP contribution in [0.15, 0.2) is 47.5 Å². The quantitative estimate of drug-likeness (QED) is 0.392. The van der Waals surface area contributed by atoms with Crippen LogP contribution in [0.25, 0.3) is 11.0 Å². The molecule has 1 aromatic carbocycles. The number of thioether (sulfide) groups is 1. The fourth-order valence-electron chi connectivity index (χ4n) is 4.81. The van der Waals surface area contributed by atoms with Crippen LogP contribution in [0.2, 0.25) is 0 Å². The van der Waals surface area contributed by atoms with Gasteiger partial charge in [0.25, 0.3) is 0 Å². The largest absolute Gasteiger partial charge is 0.481 e. The molecule has 2 aliphatic rings. The molecule has 1 fully saturated rings. The van der Waals surface area contributed by atoms with Gasteiger partial charge >= 0.3 is 0 Å². The highest BCUT2D eigenvalue weighted by Gasteiger charge is 2.40. The number of anilines is 2. The van der Waals surface area contributed by atoms with E-state index >= 15 is 0 Å². The Bertz CT molecular complexity index is 1240. The van der Waals surface area contributed by atoms with E-state index in [1.54, 1.807) is 19.4 Å². The highest BCUT2D eigenvalue weighted by Crippen LogP contribution is 2.39. The number of fused-ring (bicyclic) bond motifs is 2. The molecule has 5 rings (SSSR count). The van der Waals surface area contributed by atoms with Gasteiger partial charge in [0.1, 0.15) is 0 Å². The standard InChI is InChI=1S/C26H30N4O4S/c1-34-23-5-3-19-24(30-23)17(7-13-27-19)6-8-25(32)9-11-26(33,12-10-25)16-28-18-2-4-21-20(14-18)29-22(31)15-35-21/h2-5,7,13-14,28,32-33H,6,8-12,15-16H2,1H3,(H,29,31). The zero-order valence-electron chi connectivity index (χ0n) is 19.7. The summed E-state index contributed by atoms with van der Waals surface area (Å²) in [6.07, 6.45) is 5.12. The Kier molecular flexibility index (Phi) is 6.57. The van der Waals surface area contributed by atoms with E-state index in [0.717, 1.165) is 32.9 Å². The van der Waals surface area contributed by atoms with E-state index in [1.807, 2.05) is 30.3 Å². The number of aromatic nitrogens is 2. The van der Waals surface area contributed by atoms with Crippen LogP contribution in [0.4, 0.5) is 11.4 Å². The van der Waals surface area contributed by atoms with Gasteiger partial charge in [-0.05, 0) is 74.4 Å². The van der Waals surface area contributed by atoms with Crippen LogP contribution in [0, 0.1) is 0 Å². The Balaban J connectivity index is 1.18. The van der Waals surface area contributed by atoms with Gasteiger partial charge in [0.15, 0.2) is 0 Å². The SMILES string of the molecule is COc1ccc2nccc(CCC3(O)CCC(O)(CNc4ccc5c(c4)NC(=O)CS5)CC3)c2n1. The molecule has 1 amide bonds. The topological polar surface area (TPSA) is 117 Å². The summed E-state index contributed by atoms with van der Waals surface area (Å²) >= 11 is 1.53. The van der Waals surface area contributed by atoms with E-state index in [0.29, 0.717) is 56.7 Å². The van der Waals surface area contributed by atoms with E-state index in [2.05, 4.69) is 20.6 Å². The van der Waals surface area contributed by atoms with Gasteiger partial charge < -0.3 is 25.6 Å². The maximum absolute atomic E-state index is 11.7. The van der Waals surface area contributed by atoms with Crippen molar-refractivity contribution in [1.29, 1.82) is 0 Å². The summed E-state index contributed by atoms with van der Waals surface area (Å²) in [5, 5.41) is 28.6. The molecule has 0 unspecified atom stereocenters. The van der Waals surface area contributed by atoms with Crippen LogP contribution < -0.4 is 15.4 Å². The van der Waals surface area contributed by atoms with Crippen LogP contribution >= 0.6 is 11.8 Å². The van der Waals surface area contributed by atoms with Crippen LogP contribution in [0.3, 0.4) is 0 Å². The number of ether oxygens (including phenoxy) is 1. The fourth-order valence-corrected chi connectivity index (χ4v) is 5.60. The molecule has 0 saturated heterocycles. The molecule has 0 bridgehead atoms. The maximum Gasteiger partial charge on any atom is 0.234 e. The van der Waals surface area contributed by atoms with Crippen molar-refractivity contribution in [2.24, 2.45) is 0 Å². The van der Waals surface area contributed by atoms with Gasteiger partial charge in [0, 0.05) is 29.4 Å². The predicted molar refractivity (Wildman–Crippen MR) is 137 cm³/mol. The minimum atomic E-state index is -0.890. The Morgan fingerprint density at radius 2 is 1.91 bits per heavy atom. The van der Waals surface area contributed by atoms with Crippen LogP contribution in [-0.2, 0) is 11.2 Å². The number of hydrogen-bond donors (Lipinski definition) is 4. The Hall–Kier alpha value is -2.88. The van der Waals surface area contributed by atoms with E-state index in [1.165, 1.54) is 11.8 Å². The lowest BCUT2D eigenvalue weighted by Crippen LogP contribution is -2.46. The molecule has 2 aromatic heterocycles. The van der Waals surface area contributed by atoms with Crippen molar-refractivity contribution >= 4 is 40.1 Å². The molecule has 9 heteroatoms. The summed E-state index contributed by atoms with van der Waals surface area (Å²) in [7, 11) is 1.59. The second-order valence-electron chi connectivity index (χ2n) is 9.54. The average Bonchev–Trinajstić information content (AvgIpc) is 2.88. The molecule has 0 atom stereocenters. The molecule has 0 radical (unpaired) electrons. The number of aryl methyl sites for hydroxylation is 1. The summed E-state index contributed by atoms with van der Waals surface area (Å²) in [4.78, 5) is 21.6. The van der Waals surface area contributed by atoms with E-state index in [9.17, 15) is 15.0 Å². The number of carbonyl (C=O) groups is 1. The number of nitrogens with one attached hydrogen (secondary N) is 2. The number of benzene rings is 1. The van der Waals surface area contributed by atoms with E-state index in [4.69, 9.17) is 4.74 Å².